The van der Waals surface area contributed by atoms with Crippen LogP contribution in [0.4, 0.5) is 48.3 Å². The number of alkyl halides is 1. The minimum atomic E-state index is -2.36. The van der Waals surface area contributed by atoms with Crippen molar-refractivity contribution in [3.8, 4) is 94.7 Å². The van der Waals surface area contributed by atoms with Gasteiger partial charge >= 0.3 is 0 Å². The van der Waals surface area contributed by atoms with E-state index in [1.54, 1.807) is 18.2 Å². The number of hydrogen-bond acceptors (Lipinski definition) is 0. The van der Waals surface area contributed by atoms with Crippen LogP contribution in [-0.4, -0.2) is 6.67 Å². The van der Waals surface area contributed by atoms with Crippen molar-refractivity contribution in [3.05, 3.63) is 210 Å². The Morgan fingerprint density at radius 2 is 0.566 bits per heavy atom. The zero-order valence-electron chi connectivity index (χ0n) is 56.8. The molecule has 0 N–H and O–H groups in total. The normalized spacial score (nSPS) is 11.8. The molecule has 0 amide bonds. The molecule has 0 bridgehead atoms. The van der Waals surface area contributed by atoms with Gasteiger partial charge in [-0.15, -0.1) is 0 Å². The van der Waals surface area contributed by atoms with Crippen LogP contribution in [0, 0.1) is 177 Å². The third-order valence-electron chi connectivity index (χ3n) is 16.3. The van der Waals surface area contributed by atoms with E-state index < -0.39 is 76.0 Å². The predicted octanol–water partition coefficient (Wildman–Crippen LogP) is 22.9. The molecule has 0 aliphatic heterocycles. The Labute approximate surface area is 568 Å². The van der Waals surface area contributed by atoms with Crippen LogP contribution in [0.2, 0.25) is 0 Å². The van der Waals surface area contributed by atoms with Crippen molar-refractivity contribution in [2.24, 2.45) is 21.7 Å². The molecule has 0 fully saturated rings. The summed E-state index contributed by atoms with van der Waals surface area (Å²) in [5.41, 5.74) is 1.76. The third kappa shape index (κ3) is 13.8. The monoisotopic (exact) mass is 1330 g/mol. The van der Waals surface area contributed by atoms with E-state index in [2.05, 4.69) is 215 Å². The quantitative estimate of drug-likeness (QED) is 0.0700. The van der Waals surface area contributed by atoms with Gasteiger partial charge in [0.15, 0.2) is 34.9 Å². The van der Waals surface area contributed by atoms with Crippen LogP contribution in [-0.2, 0) is 0 Å². The molecule has 0 aliphatic rings. The maximum absolute atomic E-state index is 15.0. The Bertz CT molecular complexity index is 5680. The zero-order chi connectivity index (χ0) is 71.9. The van der Waals surface area contributed by atoms with Crippen LogP contribution in [0.3, 0.4) is 0 Å². The Kier molecular flexibility index (Phi) is 18.0. The lowest BCUT2D eigenvalue weighted by Crippen LogP contribution is -2.04. The Hall–Kier alpha value is -11.1. The van der Waals surface area contributed by atoms with Gasteiger partial charge in [-0.1, -0.05) is 101 Å². The molecule has 490 valence electrons. The van der Waals surface area contributed by atoms with Crippen molar-refractivity contribution in [2.45, 2.75) is 103 Å². The molecule has 0 nitrogen and oxygen atoms in total. The van der Waals surface area contributed by atoms with Crippen molar-refractivity contribution in [1.29, 1.82) is 0 Å². The molecular formula is C88H61F11. The SMILES string of the molecule is C=C(F)CC#Cc1cc2c(cc1C#Cc1c(F)c(C)c(C)c(F)c1F)c1cc3c4cc(C#Cc5c(F)c(F)c(F)c(F)c5F)c(C#C/C=C(\F)CF)cc4c3cc21.CC(C)(C)C#Cc1cc2c(cc1C#CC(C)(C)C)c1cc3c4cc(C#CC(C)(C)C)c(C#CC(C)(C)C)cc4c3cc21. The highest BCUT2D eigenvalue weighted by molar-refractivity contribution is 6.36. The van der Waals surface area contributed by atoms with Gasteiger partial charge in [0.25, 0.3) is 0 Å². The van der Waals surface area contributed by atoms with Crippen molar-refractivity contribution in [2.75, 3.05) is 6.67 Å². The minimum Gasteiger partial charge on any atom is -0.243 e. The lowest BCUT2D eigenvalue weighted by atomic mass is 9.83. The predicted molar refractivity (Wildman–Crippen MR) is 381 cm³/mol. The molecule has 0 heterocycles. The second-order valence-corrected chi connectivity index (χ2v) is 28.7. The second-order valence-electron chi connectivity index (χ2n) is 28.7. The van der Waals surface area contributed by atoms with E-state index in [0.717, 1.165) is 27.6 Å². The molecule has 12 aromatic rings. The van der Waals surface area contributed by atoms with Crippen LogP contribution in [0.1, 0.15) is 156 Å². The number of allylic oxidation sites excluding steroid dienone is 3. The van der Waals surface area contributed by atoms with Crippen LogP contribution >= 0.6 is 0 Å². The van der Waals surface area contributed by atoms with E-state index in [9.17, 15) is 43.9 Å². The number of fused-ring (bicyclic) bond motifs is 16. The van der Waals surface area contributed by atoms with E-state index >= 15 is 4.39 Å². The molecular weight excluding hydrogens is 1270 g/mol. The van der Waals surface area contributed by atoms with Crippen molar-refractivity contribution < 1.29 is 48.3 Å². The van der Waals surface area contributed by atoms with Crippen LogP contribution in [0.5, 0.6) is 0 Å². The summed E-state index contributed by atoms with van der Waals surface area (Å²) in [6.45, 7) is 30.1. The summed E-state index contributed by atoms with van der Waals surface area (Å²) < 4.78 is 154. The van der Waals surface area contributed by atoms with Crippen LogP contribution < -0.4 is 0 Å². The largest absolute Gasteiger partial charge is 0.243 e. The average molecular weight is 1330 g/mol. The second kappa shape index (κ2) is 25.7. The summed E-state index contributed by atoms with van der Waals surface area (Å²) in [6.07, 6.45) is 0.357. The van der Waals surface area contributed by atoms with Gasteiger partial charge in [-0.05, 0) is 267 Å². The van der Waals surface area contributed by atoms with E-state index in [1.165, 1.54) is 69.1 Å². The third-order valence-corrected chi connectivity index (χ3v) is 16.3. The first-order valence-electron chi connectivity index (χ1n) is 31.6. The van der Waals surface area contributed by atoms with Crippen molar-refractivity contribution in [3.63, 3.8) is 0 Å². The summed E-state index contributed by atoms with van der Waals surface area (Å²) in [5, 5.41) is 15.5. The molecule has 11 heteroatoms. The Morgan fingerprint density at radius 3 is 0.859 bits per heavy atom. The average Bonchev–Trinajstić information content (AvgIpc) is 0.703. The summed E-state index contributed by atoms with van der Waals surface area (Å²) >= 11 is 0. The fraction of sp³-hybridized carbons (Fsp3) is 0.227. The maximum Gasteiger partial charge on any atom is 0.200 e. The summed E-state index contributed by atoms with van der Waals surface area (Å²) in [5.74, 6) is 30.7. The van der Waals surface area contributed by atoms with Crippen molar-refractivity contribution >= 4 is 86.2 Å². The zero-order valence-corrected chi connectivity index (χ0v) is 56.8. The topological polar surface area (TPSA) is 0 Å². The number of halogens is 11. The minimum absolute atomic E-state index is 0.0352. The highest BCUT2D eigenvalue weighted by Gasteiger charge is 2.27. The van der Waals surface area contributed by atoms with Gasteiger partial charge in [0.05, 0.1) is 12.0 Å². The summed E-state index contributed by atoms with van der Waals surface area (Å²) in [7, 11) is 0. The molecule has 99 heavy (non-hydrogen) atoms. The lowest BCUT2D eigenvalue weighted by Gasteiger charge is -2.19. The number of rotatable bonds is 2. The number of hydrogen-bond donors (Lipinski definition) is 0. The molecule has 0 unspecified atom stereocenters. The molecule has 12 aromatic carbocycles. The molecule has 0 aromatic heterocycles. The molecule has 0 aliphatic carbocycles. The van der Waals surface area contributed by atoms with Gasteiger partial charge in [0.1, 0.15) is 29.7 Å². The molecule has 0 atom stereocenters. The summed E-state index contributed by atoms with van der Waals surface area (Å²) in [6, 6.07) is 23.6. The van der Waals surface area contributed by atoms with Gasteiger partial charge < -0.3 is 0 Å². The van der Waals surface area contributed by atoms with E-state index in [0.29, 0.717) is 43.8 Å². The molecule has 0 saturated carbocycles. The smallest absolute Gasteiger partial charge is 0.200 e. The van der Waals surface area contributed by atoms with E-state index in [-0.39, 0.29) is 61.5 Å². The first kappa shape index (κ1) is 69.3. The molecule has 0 radical (unpaired) electrons. The summed E-state index contributed by atoms with van der Waals surface area (Å²) in [4.78, 5) is 0. The fourth-order valence-corrected chi connectivity index (χ4v) is 11.2. The van der Waals surface area contributed by atoms with Crippen LogP contribution in [0.25, 0.3) is 86.2 Å². The highest BCUT2D eigenvalue weighted by atomic mass is 19.2. The van der Waals surface area contributed by atoms with Crippen LogP contribution in [0.15, 0.2) is 97.1 Å². The molecule has 0 saturated heterocycles. The molecule has 12 rings (SSSR count). The van der Waals surface area contributed by atoms with Gasteiger partial charge in [-0.25, -0.2) is 48.3 Å². The van der Waals surface area contributed by atoms with Gasteiger partial charge in [0.2, 0.25) is 5.82 Å². The first-order chi connectivity index (χ1) is 46.4. The van der Waals surface area contributed by atoms with Gasteiger partial charge in [-0.3, -0.25) is 0 Å². The maximum atomic E-state index is 15.0. The Morgan fingerprint density at radius 1 is 0.323 bits per heavy atom. The van der Waals surface area contributed by atoms with E-state index in [1.807, 2.05) is 12.0 Å². The standard InChI is InChI=1S/C46H19F11.C42H42/c1-21(48)6-4-7-24-14-31-33(16-26(24)10-12-29-39(50)22(2)23(3)40(51)41(29)52)37-19-38-34-17-27(11-13-30-42(53)44(55)46(57)45(56)43(30)54)25(8-5-9-28(49)20-47)15-32(34)36(38)18-35(31)37;1-39(2,3)17-13-27-21-31-32(22-28(27)14-18-40(4,5)6)36-26-38-34-24-30(16-20-42(10,11)12)29(15-19-41(7,8)9)23-33(34)37(38)25-35(31)36/h9,14-19H,1,6,20H2,2-3H3;21-26H,1-12H3/b28-9-;. The van der Waals surface area contributed by atoms with E-state index in [4.69, 9.17) is 0 Å². The molecule has 0 spiro atoms. The lowest BCUT2D eigenvalue weighted by molar-refractivity contribution is 0.376. The van der Waals surface area contributed by atoms with Gasteiger partial charge in [-0.2, -0.15) is 0 Å². The van der Waals surface area contributed by atoms with Gasteiger partial charge in [0, 0.05) is 72.2 Å². The van der Waals surface area contributed by atoms with Crippen molar-refractivity contribution in [1.82, 2.24) is 0 Å². The first-order valence-corrected chi connectivity index (χ1v) is 31.6. The highest BCUT2D eigenvalue weighted by Crippen LogP contribution is 2.47. The number of benzene rings is 8. The fourth-order valence-electron chi connectivity index (χ4n) is 11.2. The Balaban J connectivity index is 0.000000210.